The molecule has 2 aliphatic rings. The Morgan fingerprint density at radius 1 is 0.809 bits per heavy atom. The molecule has 2 fully saturated rings. The Balaban J connectivity index is 1.34. The minimum absolute atomic E-state index is 0.00720. The van der Waals surface area contributed by atoms with Gasteiger partial charge >= 0.3 is 12.2 Å². The van der Waals surface area contributed by atoms with E-state index in [1.165, 1.54) is 11.1 Å². The third-order valence-electron chi connectivity index (χ3n) is 8.92. The van der Waals surface area contributed by atoms with Gasteiger partial charge in [-0.1, -0.05) is 55.5 Å². The highest BCUT2D eigenvalue weighted by molar-refractivity contribution is 5.99. The Bertz CT molecular complexity index is 1600. The largest absolute Gasteiger partial charge is 0.444 e. The molecule has 0 spiro atoms. The molecule has 2 amide bonds. The average Bonchev–Trinajstić information content (AvgIpc) is 3.83. The van der Waals surface area contributed by atoms with Crippen LogP contribution in [0, 0.1) is 5.41 Å². The van der Waals surface area contributed by atoms with E-state index in [4.69, 9.17) is 9.47 Å². The molecule has 47 heavy (non-hydrogen) atoms. The van der Waals surface area contributed by atoms with E-state index in [-0.39, 0.29) is 23.7 Å². The van der Waals surface area contributed by atoms with Crippen molar-refractivity contribution in [3.8, 4) is 11.1 Å². The predicted octanol–water partition coefficient (Wildman–Crippen LogP) is 9.58. The number of carbonyl (C=O) groups excluding carboxylic acids is 3. The second kappa shape index (κ2) is 13.5. The summed E-state index contributed by atoms with van der Waals surface area (Å²) in [5.74, 6) is 0.488. The first-order valence-electron chi connectivity index (χ1n) is 16.9. The molecule has 0 radical (unpaired) electrons. The number of hydrogen-bond donors (Lipinski definition) is 1. The van der Waals surface area contributed by atoms with Gasteiger partial charge < -0.3 is 14.4 Å². The maximum atomic E-state index is 13.9. The third kappa shape index (κ3) is 9.46. The number of piperidine rings is 1. The molecule has 1 saturated heterocycles. The van der Waals surface area contributed by atoms with Gasteiger partial charge in [0.2, 0.25) is 0 Å². The van der Waals surface area contributed by atoms with Crippen molar-refractivity contribution in [1.29, 1.82) is 0 Å². The number of carbonyl (C=O) groups is 3. The van der Waals surface area contributed by atoms with Gasteiger partial charge in [-0.3, -0.25) is 10.1 Å². The molecule has 1 aliphatic heterocycles. The van der Waals surface area contributed by atoms with Crippen molar-refractivity contribution in [1.82, 2.24) is 4.90 Å². The van der Waals surface area contributed by atoms with Crippen molar-refractivity contribution in [3.63, 3.8) is 0 Å². The number of benzene rings is 3. The molecule has 3 aromatic carbocycles. The molecule has 0 atom stereocenters. The minimum Gasteiger partial charge on any atom is -0.444 e. The molecule has 250 valence electrons. The number of ether oxygens (including phenoxy) is 2. The van der Waals surface area contributed by atoms with Gasteiger partial charge in [-0.15, -0.1) is 0 Å². The molecule has 7 heteroatoms. The quantitative estimate of drug-likeness (QED) is 0.248. The topological polar surface area (TPSA) is 84.9 Å². The second-order valence-corrected chi connectivity index (χ2v) is 15.6. The first-order valence-corrected chi connectivity index (χ1v) is 16.9. The summed E-state index contributed by atoms with van der Waals surface area (Å²) >= 11 is 0. The fourth-order valence-electron chi connectivity index (χ4n) is 6.26. The number of ketones is 1. The third-order valence-corrected chi connectivity index (χ3v) is 8.92. The monoisotopic (exact) mass is 638 g/mol. The molecule has 1 heterocycles. The van der Waals surface area contributed by atoms with Crippen LogP contribution in [0.25, 0.3) is 11.1 Å². The SMILES string of the molecule is CC1(Cc2ccc(C(=O)Cc3cc(-c4ccccc4)ccc3NC(=O)OC(C)(C)C)cc2C2CC2)CCN(C(=O)OC(C)(C)C)CC1. The summed E-state index contributed by atoms with van der Waals surface area (Å²) in [6, 6.07) is 22.0. The normalized spacial score (nSPS) is 16.4. The van der Waals surface area contributed by atoms with Crippen LogP contribution in [0.5, 0.6) is 0 Å². The Kier molecular flexibility index (Phi) is 9.86. The summed E-state index contributed by atoms with van der Waals surface area (Å²) in [7, 11) is 0. The molecule has 1 saturated carbocycles. The number of anilines is 1. The van der Waals surface area contributed by atoms with Crippen LogP contribution >= 0.6 is 0 Å². The van der Waals surface area contributed by atoms with E-state index >= 15 is 0 Å². The van der Waals surface area contributed by atoms with Crippen LogP contribution in [0.4, 0.5) is 15.3 Å². The van der Waals surface area contributed by atoms with Crippen LogP contribution in [0.15, 0.2) is 66.7 Å². The molecular formula is C40H50N2O5. The van der Waals surface area contributed by atoms with Crippen molar-refractivity contribution < 1.29 is 23.9 Å². The fourth-order valence-corrected chi connectivity index (χ4v) is 6.26. The van der Waals surface area contributed by atoms with Crippen LogP contribution < -0.4 is 5.32 Å². The Labute approximate surface area is 280 Å². The molecule has 0 unspecified atom stereocenters. The molecule has 3 aromatic rings. The van der Waals surface area contributed by atoms with Gasteiger partial charge in [0.05, 0.1) is 0 Å². The van der Waals surface area contributed by atoms with Gasteiger partial charge in [0.1, 0.15) is 11.2 Å². The lowest BCUT2D eigenvalue weighted by Gasteiger charge is -2.40. The Morgan fingerprint density at radius 3 is 2.09 bits per heavy atom. The Hall–Kier alpha value is -4.13. The molecular weight excluding hydrogens is 588 g/mol. The fraction of sp³-hybridized carbons (Fsp3) is 0.475. The van der Waals surface area contributed by atoms with E-state index < -0.39 is 17.3 Å². The van der Waals surface area contributed by atoms with E-state index in [0.717, 1.165) is 48.8 Å². The number of hydrogen-bond acceptors (Lipinski definition) is 5. The zero-order valence-corrected chi connectivity index (χ0v) is 29.1. The number of amides is 2. The lowest BCUT2D eigenvalue weighted by molar-refractivity contribution is 0.0119. The van der Waals surface area contributed by atoms with Gasteiger partial charge in [0.15, 0.2) is 5.78 Å². The van der Waals surface area contributed by atoms with Crippen LogP contribution in [0.1, 0.15) is 107 Å². The lowest BCUT2D eigenvalue weighted by Crippen LogP contribution is -2.45. The summed E-state index contributed by atoms with van der Waals surface area (Å²) in [6.07, 6.45) is 4.36. The highest BCUT2D eigenvalue weighted by atomic mass is 16.6. The first-order chi connectivity index (χ1) is 22.1. The molecule has 0 bridgehead atoms. The van der Waals surface area contributed by atoms with Gasteiger partial charge in [-0.25, -0.2) is 9.59 Å². The molecule has 1 aliphatic carbocycles. The van der Waals surface area contributed by atoms with Gasteiger partial charge in [0, 0.05) is 30.8 Å². The number of nitrogens with one attached hydrogen (secondary N) is 1. The predicted molar refractivity (Wildman–Crippen MR) is 187 cm³/mol. The van der Waals surface area contributed by atoms with Gasteiger partial charge in [-0.05, 0) is 131 Å². The van der Waals surface area contributed by atoms with Crippen molar-refractivity contribution in [2.75, 3.05) is 18.4 Å². The van der Waals surface area contributed by atoms with Crippen molar-refractivity contribution in [2.45, 2.75) is 104 Å². The molecule has 0 aromatic heterocycles. The highest BCUT2D eigenvalue weighted by Gasteiger charge is 2.36. The van der Waals surface area contributed by atoms with Crippen LogP contribution in [0.2, 0.25) is 0 Å². The van der Waals surface area contributed by atoms with Crippen molar-refractivity contribution >= 4 is 23.7 Å². The summed E-state index contributed by atoms with van der Waals surface area (Å²) < 4.78 is 11.1. The van der Waals surface area contributed by atoms with E-state index in [9.17, 15) is 14.4 Å². The Morgan fingerprint density at radius 2 is 1.47 bits per heavy atom. The summed E-state index contributed by atoms with van der Waals surface area (Å²) in [5.41, 5.74) is 5.50. The number of likely N-dealkylation sites (tertiary alicyclic amines) is 1. The standard InChI is InChI=1S/C40H50N2O5/c1-38(2,3)46-36(44)41-34-18-17-29(27-11-9-8-10-12-27)23-32(34)25-35(43)30-15-16-31(33(24-30)28-13-14-28)26-40(7)19-21-42(22-20-40)37(45)47-39(4,5)6/h8-12,15-18,23-24,28H,13-14,19-22,25-26H2,1-7H3,(H,41,44). The average molecular weight is 639 g/mol. The smallest absolute Gasteiger partial charge is 0.412 e. The number of rotatable bonds is 8. The summed E-state index contributed by atoms with van der Waals surface area (Å²) in [6.45, 7) is 14.8. The summed E-state index contributed by atoms with van der Waals surface area (Å²) in [4.78, 5) is 41.1. The molecule has 7 nitrogen and oxygen atoms in total. The van der Waals surface area contributed by atoms with Crippen molar-refractivity contribution in [2.24, 2.45) is 5.41 Å². The van der Waals surface area contributed by atoms with Gasteiger partial charge in [-0.2, -0.15) is 0 Å². The van der Waals surface area contributed by atoms with Crippen LogP contribution in [-0.2, 0) is 22.3 Å². The van der Waals surface area contributed by atoms with E-state index in [1.54, 1.807) is 0 Å². The van der Waals surface area contributed by atoms with E-state index in [1.807, 2.05) is 101 Å². The van der Waals surface area contributed by atoms with Gasteiger partial charge in [0.25, 0.3) is 0 Å². The van der Waals surface area contributed by atoms with E-state index in [0.29, 0.717) is 30.3 Å². The van der Waals surface area contributed by atoms with Crippen LogP contribution in [0.3, 0.4) is 0 Å². The zero-order chi connectivity index (χ0) is 34.0. The number of nitrogens with zero attached hydrogens (tertiary/aromatic N) is 1. The van der Waals surface area contributed by atoms with Crippen LogP contribution in [-0.4, -0.2) is 47.2 Å². The maximum Gasteiger partial charge on any atom is 0.412 e. The summed E-state index contributed by atoms with van der Waals surface area (Å²) in [5, 5.41) is 2.88. The zero-order valence-electron chi connectivity index (χ0n) is 29.1. The molecule has 1 N–H and O–H groups in total. The first kappa shape index (κ1) is 34.2. The second-order valence-electron chi connectivity index (χ2n) is 15.6. The number of Topliss-reactive ketones (excluding diaryl/α,β-unsaturated/α-hetero) is 1. The van der Waals surface area contributed by atoms with Crippen molar-refractivity contribution in [3.05, 3.63) is 89.0 Å². The minimum atomic E-state index is -0.642. The molecule has 5 rings (SSSR count). The maximum absolute atomic E-state index is 13.9. The lowest BCUT2D eigenvalue weighted by atomic mass is 9.74. The highest BCUT2D eigenvalue weighted by Crippen LogP contribution is 2.45. The van der Waals surface area contributed by atoms with E-state index in [2.05, 4.69) is 24.4 Å².